The molecule has 1 saturated heterocycles. The predicted octanol–water partition coefficient (Wildman–Crippen LogP) is 4.85. The Kier molecular flexibility index (Phi) is 3.38. The van der Waals surface area contributed by atoms with E-state index < -0.39 is 0 Å². The van der Waals surface area contributed by atoms with E-state index in [4.69, 9.17) is 4.74 Å². The number of aromatic nitrogens is 2. The molecule has 21 heavy (non-hydrogen) atoms. The average Bonchev–Trinajstić information content (AvgIpc) is 2.92. The molecule has 2 heterocycles. The minimum atomic E-state index is 0.0907. The summed E-state index contributed by atoms with van der Waals surface area (Å²) in [6.07, 6.45) is 8.89. The summed E-state index contributed by atoms with van der Waals surface area (Å²) >= 11 is 3.79. The molecule has 1 aliphatic heterocycles. The molecule has 4 heteroatoms. The lowest BCUT2D eigenvalue weighted by Crippen LogP contribution is -2.19. The van der Waals surface area contributed by atoms with Crippen LogP contribution in [0.5, 0.6) is 0 Å². The molecule has 110 valence electrons. The molecule has 1 aliphatic carbocycles. The number of fused-ring (bicyclic) bond motifs is 2. The Morgan fingerprint density at radius 2 is 2.19 bits per heavy atom. The number of hydrogen-bond donors (Lipinski definition) is 0. The maximum Gasteiger partial charge on any atom is 0.150 e. The molecule has 1 unspecified atom stereocenters. The van der Waals surface area contributed by atoms with E-state index in [2.05, 4.69) is 38.4 Å². The first kappa shape index (κ1) is 13.5. The van der Waals surface area contributed by atoms with Crippen molar-refractivity contribution in [1.82, 2.24) is 9.78 Å². The van der Waals surface area contributed by atoms with Crippen molar-refractivity contribution in [3.8, 4) is 0 Å². The van der Waals surface area contributed by atoms with Gasteiger partial charge < -0.3 is 4.74 Å². The quantitative estimate of drug-likeness (QED) is 0.738. The molecular formula is C17H19BrN2O. The largest absolute Gasteiger partial charge is 0.356 e. The van der Waals surface area contributed by atoms with E-state index in [1.54, 1.807) is 0 Å². The first-order valence-electron chi connectivity index (χ1n) is 7.74. The van der Waals surface area contributed by atoms with Crippen LogP contribution in [-0.2, 0) is 11.2 Å². The standard InChI is InChI=1S/C17H19BrN2O/c1-11-5-4-6-12-9-14-13(17(18)16(11)12)10-19-20(14)15-7-2-3-8-21-15/h9-10,15H,1-8H2. The van der Waals surface area contributed by atoms with Crippen LogP contribution in [0.15, 0.2) is 23.3 Å². The van der Waals surface area contributed by atoms with E-state index in [-0.39, 0.29) is 6.23 Å². The number of nitrogens with zero attached hydrogens (tertiary/aromatic N) is 2. The summed E-state index contributed by atoms with van der Waals surface area (Å²) < 4.78 is 9.12. The molecule has 1 aromatic heterocycles. The molecule has 1 aromatic carbocycles. The second-order valence-corrected chi connectivity index (χ2v) is 6.82. The highest BCUT2D eigenvalue weighted by atomic mass is 79.9. The first-order chi connectivity index (χ1) is 10.3. The second kappa shape index (κ2) is 5.25. The third kappa shape index (κ3) is 2.16. The van der Waals surface area contributed by atoms with Gasteiger partial charge in [0.15, 0.2) is 6.23 Å². The van der Waals surface area contributed by atoms with E-state index >= 15 is 0 Å². The Balaban J connectivity index is 1.88. The summed E-state index contributed by atoms with van der Waals surface area (Å²) in [6.45, 7) is 5.08. The lowest BCUT2D eigenvalue weighted by molar-refractivity contribution is -0.0366. The third-order valence-corrected chi connectivity index (χ3v) is 5.45. The van der Waals surface area contributed by atoms with Gasteiger partial charge in [0, 0.05) is 16.5 Å². The number of halogens is 1. The Labute approximate surface area is 133 Å². The summed E-state index contributed by atoms with van der Waals surface area (Å²) in [5.74, 6) is 0. The maximum atomic E-state index is 5.90. The zero-order chi connectivity index (χ0) is 14.4. The second-order valence-electron chi connectivity index (χ2n) is 6.02. The Morgan fingerprint density at radius 1 is 1.29 bits per heavy atom. The van der Waals surface area contributed by atoms with Crippen LogP contribution < -0.4 is 0 Å². The summed E-state index contributed by atoms with van der Waals surface area (Å²) in [5, 5.41) is 5.78. The highest BCUT2D eigenvalue weighted by molar-refractivity contribution is 9.10. The number of rotatable bonds is 1. The first-order valence-corrected chi connectivity index (χ1v) is 8.53. The zero-order valence-electron chi connectivity index (χ0n) is 12.1. The smallest absolute Gasteiger partial charge is 0.150 e. The van der Waals surface area contributed by atoms with Crippen molar-refractivity contribution in [3.63, 3.8) is 0 Å². The molecule has 0 N–H and O–H groups in total. The van der Waals surface area contributed by atoms with Crippen LogP contribution in [0.25, 0.3) is 16.5 Å². The van der Waals surface area contributed by atoms with Gasteiger partial charge in [-0.15, -0.1) is 0 Å². The Morgan fingerprint density at radius 3 is 3.00 bits per heavy atom. The van der Waals surface area contributed by atoms with Crippen molar-refractivity contribution in [2.75, 3.05) is 6.61 Å². The van der Waals surface area contributed by atoms with Crippen molar-refractivity contribution in [2.45, 2.75) is 44.8 Å². The van der Waals surface area contributed by atoms with Gasteiger partial charge >= 0.3 is 0 Å². The number of aryl methyl sites for hydroxylation is 1. The fraction of sp³-hybridized carbons (Fsp3) is 0.471. The third-order valence-electron chi connectivity index (χ3n) is 4.63. The van der Waals surface area contributed by atoms with E-state index in [1.165, 1.54) is 40.4 Å². The fourth-order valence-electron chi connectivity index (χ4n) is 3.54. The number of benzene rings is 1. The minimum absolute atomic E-state index is 0.0907. The predicted molar refractivity (Wildman–Crippen MR) is 88.2 cm³/mol. The SMILES string of the molecule is C=C1CCCc2cc3c(cnn3C3CCCCO3)c(Br)c21. The van der Waals surface area contributed by atoms with Gasteiger partial charge in [0.1, 0.15) is 0 Å². The van der Waals surface area contributed by atoms with Crippen LogP contribution in [0, 0.1) is 0 Å². The normalized spacial score (nSPS) is 22.5. The zero-order valence-corrected chi connectivity index (χ0v) is 13.7. The highest BCUT2D eigenvalue weighted by Crippen LogP contribution is 2.40. The van der Waals surface area contributed by atoms with Gasteiger partial charge in [-0.05, 0) is 77.2 Å². The summed E-state index contributed by atoms with van der Waals surface area (Å²) in [7, 11) is 0. The molecule has 3 nitrogen and oxygen atoms in total. The van der Waals surface area contributed by atoms with Gasteiger partial charge in [-0.25, -0.2) is 4.68 Å². The lowest BCUT2D eigenvalue weighted by atomic mass is 9.87. The van der Waals surface area contributed by atoms with Crippen LogP contribution in [0.1, 0.15) is 49.5 Å². The topological polar surface area (TPSA) is 27.1 Å². The lowest BCUT2D eigenvalue weighted by Gasteiger charge is -2.25. The van der Waals surface area contributed by atoms with Crippen molar-refractivity contribution in [2.24, 2.45) is 0 Å². The monoisotopic (exact) mass is 346 g/mol. The van der Waals surface area contributed by atoms with Gasteiger partial charge in [-0.1, -0.05) is 6.58 Å². The van der Waals surface area contributed by atoms with E-state index in [9.17, 15) is 0 Å². The molecule has 0 bridgehead atoms. The van der Waals surface area contributed by atoms with E-state index in [1.807, 2.05) is 6.20 Å². The van der Waals surface area contributed by atoms with Crippen LogP contribution in [0.2, 0.25) is 0 Å². The number of ether oxygens (including phenoxy) is 1. The van der Waals surface area contributed by atoms with E-state index in [0.29, 0.717) is 0 Å². The fourth-order valence-corrected chi connectivity index (χ4v) is 4.38. The Hall–Kier alpha value is -1.13. The van der Waals surface area contributed by atoms with Crippen molar-refractivity contribution in [1.29, 1.82) is 0 Å². The minimum Gasteiger partial charge on any atom is -0.356 e. The summed E-state index contributed by atoms with van der Waals surface area (Å²) in [5.41, 5.74) is 5.12. The molecule has 1 atom stereocenters. The van der Waals surface area contributed by atoms with Gasteiger partial charge in [0.25, 0.3) is 0 Å². The molecule has 0 spiro atoms. The van der Waals surface area contributed by atoms with Crippen LogP contribution in [0.3, 0.4) is 0 Å². The average molecular weight is 347 g/mol. The summed E-state index contributed by atoms with van der Waals surface area (Å²) in [4.78, 5) is 0. The summed E-state index contributed by atoms with van der Waals surface area (Å²) in [6, 6.07) is 2.30. The van der Waals surface area contributed by atoms with Crippen molar-refractivity contribution >= 4 is 32.4 Å². The van der Waals surface area contributed by atoms with E-state index in [0.717, 1.165) is 36.8 Å². The molecule has 0 radical (unpaired) electrons. The Bertz CT molecular complexity index is 713. The van der Waals surface area contributed by atoms with Gasteiger partial charge in [-0.2, -0.15) is 5.10 Å². The van der Waals surface area contributed by atoms with Gasteiger partial charge in [-0.3, -0.25) is 0 Å². The molecule has 2 aliphatic rings. The van der Waals surface area contributed by atoms with Gasteiger partial charge in [0.05, 0.1) is 11.7 Å². The van der Waals surface area contributed by atoms with Crippen LogP contribution in [0.4, 0.5) is 0 Å². The van der Waals surface area contributed by atoms with Crippen LogP contribution in [-0.4, -0.2) is 16.4 Å². The molecular weight excluding hydrogens is 328 g/mol. The highest BCUT2D eigenvalue weighted by Gasteiger charge is 2.23. The molecule has 0 saturated carbocycles. The molecule has 4 rings (SSSR count). The molecule has 2 aromatic rings. The van der Waals surface area contributed by atoms with Crippen LogP contribution >= 0.6 is 15.9 Å². The number of hydrogen-bond acceptors (Lipinski definition) is 2. The van der Waals surface area contributed by atoms with Crippen molar-refractivity contribution < 1.29 is 4.74 Å². The van der Waals surface area contributed by atoms with Crippen molar-refractivity contribution in [3.05, 3.63) is 34.4 Å². The molecule has 1 fully saturated rings. The van der Waals surface area contributed by atoms with Gasteiger partial charge in [0.2, 0.25) is 0 Å². The maximum absolute atomic E-state index is 5.90. The number of allylic oxidation sites excluding steroid dienone is 1. The molecule has 0 amide bonds.